The zero-order valence-electron chi connectivity index (χ0n) is 20.6. The average molecular weight is 544 g/mol. The Morgan fingerprint density at radius 2 is 2.00 bits per heavy atom. The van der Waals surface area contributed by atoms with Gasteiger partial charge < -0.3 is 14.6 Å². The highest BCUT2D eigenvalue weighted by Crippen LogP contribution is 2.28. The molecule has 0 aromatic heterocycles. The molecule has 2 aromatic carbocycles. The van der Waals surface area contributed by atoms with Crippen LogP contribution in [0, 0.1) is 11.6 Å². The molecule has 0 bridgehead atoms. The van der Waals surface area contributed by atoms with E-state index >= 15 is 0 Å². The Kier molecular flexibility index (Phi) is 10.9. The Hall–Kier alpha value is -1.77. The van der Waals surface area contributed by atoms with Crippen LogP contribution >= 0.6 is 23.2 Å². The number of nitrogens with zero attached hydrogens (tertiary/aromatic N) is 1. The number of ether oxygens (including phenoxy) is 2. The predicted octanol–water partition coefficient (Wildman–Crippen LogP) is 5.91. The Labute approximate surface area is 221 Å². The molecule has 198 valence electrons. The molecule has 1 heterocycles. The van der Waals surface area contributed by atoms with Gasteiger partial charge in [0.15, 0.2) is 0 Å². The van der Waals surface area contributed by atoms with Gasteiger partial charge in [-0.15, -0.1) is 0 Å². The predicted molar refractivity (Wildman–Crippen MR) is 136 cm³/mol. The number of rotatable bonds is 12. The number of aliphatic hydroxyl groups is 1. The molecule has 1 N–H and O–H groups in total. The molecule has 3 atom stereocenters. The van der Waals surface area contributed by atoms with Gasteiger partial charge >= 0.3 is 5.97 Å². The smallest absolute Gasteiger partial charge is 0.306 e. The van der Waals surface area contributed by atoms with Crippen molar-refractivity contribution < 1.29 is 28.2 Å². The van der Waals surface area contributed by atoms with Crippen LogP contribution in [0.4, 0.5) is 8.78 Å². The maximum atomic E-state index is 14.5. The Morgan fingerprint density at radius 1 is 1.22 bits per heavy atom. The second-order valence-electron chi connectivity index (χ2n) is 9.13. The first kappa shape index (κ1) is 28.8. The van der Waals surface area contributed by atoms with Gasteiger partial charge in [0.25, 0.3) is 0 Å². The van der Waals surface area contributed by atoms with Crippen molar-refractivity contribution in [1.29, 1.82) is 0 Å². The summed E-state index contributed by atoms with van der Waals surface area (Å²) in [5.41, 5.74) is 1.62. The summed E-state index contributed by atoms with van der Waals surface area (Å²) in [5, 5.41) is 11.7. The molecular weight excluding hydrogens is 511 g/mol. The number of hydrogen-bond acceptors (Lipinski definition) is 5. The molecule has 0 aliphatic carbocycles. The Bertz CT molecular complexity index is 1040. The molecule has 0 radical (unpaired) electrons. The number of benzene rings is 2. The van der Waals surface area contributed by atoms with Gasteiger partial charge in [-0.3, -0.25) is 9.69 Å². The second kappa shape index (κ2) is 13.7. The quantitative estimate of drug-likeness (QED) is 0.337. The van der Waals surface area contributed by atoms with Gasteiger partial charge in [0.05, 0.1) is 35.5 Å². The lowest BCUT2D eigenvalue weighted by atomic mass is 9.98. The first-order valence-corrected chi connectivity index (χ1v) is 13.0. The minimum Gasteiger partial charge on any atom is -0.466 e. The highest BCUT2D eigenvalue weighted by atomic mass is 35.5. The number of carbonyl (C=O) groups excluding carboxylic acids is 1. The fourth-order valence-corrected chi connectivity index (χ4v) is 5.00. The molecule has 0 saturated carbocycles. The van der Waals surface area contributed by atoms with Gasteiger partial charge in [0.2, 0.25) is 0 Å². The first-order valence-electron chi connectivity index (χ1n) is 12.3. The Balaban J connectivity index is 1.57. The molecule has 1 saturated heterocycles. The highest BCUT2D eigenvalue weighted by molar-refractivity contribution is 6.42. The van der Waals surface area contributed by atoms with Crippen LogP contribution in [0.2, 0.25) is 10.0 Å². The number of halogens is 4. The minimum absolute atomic E-state index is 0.00656. The molecule has 1 fully saturated rings. The van der Waals surface area contributed by atoms with Crippen molar-refractivity contribution in [2.75, 3.05) is 26.3 Å². The normalized spacial score (nSPS) is 17.8. The van der Waals surface area contributed by atoms with Gasteiger partial charge in [-0.2, -0.15) is 0 Å². The summed E-state index contributed by atoms with van der Waals surface area (Å²) in [6, 6.07) is 7.91. The van der Waals surface area contributed by atoms with Crippen LogP contribution in [0.1, 0.15) is 55.9 Å². The van der Waals surface area contributed by atoms with E-state index in [1.807, 2.05) is 12.1 Å². The van der Waals surface area contributed by atoms with Gasteiger partial charge in [-0.05, 0) is 81.0 Å². The van der Waals surface area contributed by atoms with E-state index in [4.69, 9.17) is 32.7 Å². The summed E-state index contributed by atoms with van der Waals surface area (Å²) in [5.74, 6) is -1.90. The van der Waals surface area contributed by atoms with E-state index in [9.17, 15) is 18.7 Å². The van der Waals surface area contributed by atoms with Crippen LogP contribution in [0.25, 0.3) is 0 Å². The molecule has 0 spiro atoms. The largest absolute Gasteiger partial charge is 0.466 e. The van der Waals surface area contributed by atoms with E-state index in [0.717, 1.165) is 37.4 Å². The third-order valence-electron chi connectivity index (χ3n) is 6.46. The third-order valence-corrected chi connectivity index (χ3v) is 7.19. The number of carbonyl (C=O) groups is 1. The van der Waals surface area contributed by atoms with Gasteiger partial charge in [0, 0.05) is 25.1 Å². The number of β-amino-alcohol motifs (C(OH)–C–C–N with tert-alkyl or cyclic N) is 1. The molecule has 1 aliphatic heterocycles. The molecule has 36 heavy (non-hydrogen) atoms. The lowest BCUT2D eigenvalue weighted by Gasteiger charge is -2.28. The van der Waals surface area contributed by atoms with E-state index in [0.29, 0.717) is 22.2 Å². The van der Waals surface area contributed by atoms with E-state index in [-0.39, 0.29) is 37.7 Å². The van der Waals surface area contributed by atoms with Gasteiger partial charge in [-0.1, -0.05) is 29.3 Å². The number of likely N-dealkylation sites (tertiary alicyclic amines) is 1. The summed E-state index contributed by atoms with van der Waals surface area (Å²) in [6.07, 6.45) is 1.44. The zero-order valence-corrected chi connectivity index (χ0v) is 22.1. The molecule has 2 aromatic rings. The van der Waals surface area contributed by atoms with Crippen LogP contribution in [0.15, 0.2) is 30.3 Å². The summed E-state index contributed by atoms with van der Waals surface area (Å²) in [4.78, 5) is 14.0. The summed E-state index contributed by atoms with van der Waals surface area (Å²) < 4.78 is 39.2. The summed E-state index contributed by atoms with van der Waals surface area (Å²) in [7, 11) is 0. The van der Waals surface area contributed by atoms with Crippen molar-refractivity contribution in [3.05, 3.63) is 68.7 Å². The monoisotopic (exact) mass is 543 g/mol. The summed E-state index contributed by atoms with van der Waals surface area (Å²) >= 11 is 12.2. The number of hydrogen-bond donors (Lipinski definition) is 1. The fraction of sp³-hybridized carbons (Fsp3) is 0.519. The third kappa shape index (κ3) is 8.12. The van der Waals surface area contributed by atoms with E-state index < -0.39 is 29.8 Å². The van der Waals surface area contributed by atoms with E-state index in [1.54, 1.807) is 19.9 Å². The summed E-state index contributed by atoms with van der Waals surface area (Å²) in [6.45, 7) is 4.91. The average Bonchev–Trinajstić information content (AvgIpc) is 3.25. The molecule has 5 nitrogen and oxygen atoms in total. The maximum absolute atomic E-state index is 14.5. The fourth-order valence-electron chi connectivity index (χ4n) is 4.68. The minimum atomic E-state index is -0.775. The SMILES string of the molecule is CCOC(=O)CCc1c(F)cc(F)cc1[C@@H](C)OCC(O)CN1CCC[C@H]1Cc1ccc(Cl)c(Cl)c1. The van der Waals surface area contributed by atoms with Crippen LogP contribution in [0.5, 0.6) is 0 Å². The first-order chi connectivity index (χ1) is 17.2. The molecule has 1 unspecified atom stereocenters. The molecule has 9 heteroatoms. The van der Waals surface area contributed by atoms with Crippen molar-refractivity contribution in [3.63, 3.8) is 0 Å². The van der Waals surface area contributed by atoms with Crippen molar-refractivity contribution in [1.82, 2.24) is 4.90 Å². The van der Waals surface area contributed by atoms with Gasteiger partial charge in [0.1, 0.15) is 11.6 Å². The lowest BCUT2D eigenvalue weighted by Crippen LogP contribution is -2.39. The molecule has 1 aliphatic rings. The topological polar surface area (TPSA) is 59.0 Å². The number of aliphatic hydroxyl groups excluding tert-OH is 1. The van der Waals surface area contributed by atoms with E-state index in [1.165, 1.54) is 6.07 Å². The van der Waals surface area contributed by atoms with Crippen LogP contribution in [-0.2, 0) is 27.1 Å². The van der Waals surface area contributed by atoms with Crippen LogP contribution in [-0.4, -0.2) is 54.4 Å². The standard InChI is InChI=1S/C27H33Cl2F2NO4/c1-3-35-27(34)9-7-22-23(13-19(30)14-26(22)31)17(2)36-16-21(33)15-32-10-4-5-20(32)11-18-6-8-24(28)25(29)12-18/h6,8,12-14,17,20-21,33H,3-5,7,9-11,15-16H2,1-2H3/t17-,20+,21?/m1/s1. The van der Waals surface area contributed by atoms with Crippen LogP contribution in [0.3, 0.4) is 0 Å². The van der Waals surface area contributed by atoms with Crippen molar-refractivity contribution >= 4 is 29.2 Å². The van der Waals surface area contributed by atoms with Gasteiger partial charge in [-0.25, -0.2) is 8.78 Å². The highest BCUT2D eigenvalue weighted by Gasteiger charge is 2.27. The molecule has 0 amide bonds. The molecule has 3 rings (SSSR count). The second-order valence-corrected chi connectivity index (χ2v) is 9.95. The van der Waals surface area contributed by atoms with Crippen LogP contribution < -0.4 is 0 Å². The van der Waals surface area contributed by atoms with Crippen molar-refractivity contribution in [2.24, 2.45) is 0 Å². The van der Waals surface area contributed by atoms with Crippen molar-refractivity contribution in [2.45, 2.75) is 64.2 Å². The van der Waals surface area contributed by atoms with E-state index in [2.05, 4.69) is 4.90 Å². The Morgan fingerprint density at radius 3 is 2.72 bits per heavy atom. The number of esters is 1. The maximum Gasteiger partial charge on any atom is 0.306 e. The molecular formula is C27H33Cl2F2NO4. The lowest BCUT2D eigenvalue weighted by molar-refractivity contribution is -0.143. The van der Waals surface area contributed by atoms with Crippen molar-refractivity contribution in [3.8, 4) is 0 Å². The zero-order chi connectivity index (χ0) is 26.2.